The normalized spacial score (nSPS) is 25.6. The number of halogens is 1. The van der Waals surface area contributed by atoms with E-state index in [0.717, 1.165) is 12.8 Å². The topological polar surface area (TPSA) is 55.2 Å². The van der Waals surface area contributed by atoms with Crippen molar-refractivity contribution in [2.24, 2.45) is 5.92 Å². The van der Waals surface area contributed by atoms with Crippen LogP contribution in [-0.4, -0.2) is 41.0 Å². The number of sulfonamides is 1. The molecule has 1 aromatic rings. The Balaban J connectivity index is 2.21. The van der Waals surface area contributed by atoms with Crippen molar-refractivity contribution in [2.75, 3.05) is 12.4 Å². The van der Waals surface area contributed by atoms with E-state index in [1.807, 2.05) is 6.92 Å². The van der Waals surface area contributed by atoms with Crippen LogP contribution < -0.4 is 0 Å². The fourth-order valence-corrected chi connectivity index (χ4v) is 4.35. The van der Waals surface area contributed by atoms with Crippen LogP contribution in [0.2, 0.25) is 0 Å². The molecule has 0 bridgehead atoms. The van der Waals surface area contributed by atoms with Gasteiger partial charge in [0.15, 0.2) is 0 Å². The molecule has 0 spiro atoms. The van der Waals surface area contributed by atoms with E-state index in [0.29, 0.717) is 24.9 Å². The van der Waals surface area contributed by atoms with Gasteiger partial charge >= 0.3 is 0 Å². The monoisotopic (exact) mass is 305 g/mol. The number of hydrogen-bond donors (Lipinski definition) is 0. The highest BCUT2D eigenvalue weighted by molar-refractivity contribution is 7.89. The van der Waals surface area contributed by atoms with Crippen LogP contribution in [0.15, 0.2) is 17.3 Å². The lowest BCUT2D eigenvalue weighted by atomic mass is 9.95. The quantitative estimate of drug-likeness (QED) is 0.799. The standard InChI is InChI=1S/C12H20ClN3O2S/c1-10-3-5-16(11(2)7-10)19(17,18)12-8-14-15(9-12)6-4-13/h8-11H,3-7H2,1-2H3. The van der Waals surface area contributed by atoms with Gasteiger partial charge in [-0.05, 0) is 25.7 Å². The van der Waals surface area contributed by atoms with Gasteiger partial charge in [-0.2, -0.15) is 9.40 Å². The lowest BCUT2D eigenvalue weighted by molar-refractivity contribution is 0.220. The summed E-state index contributed by atoms with van der Waals surface area (Å²) >= 11 is 5.63. The fourth-order valence-electron chi connectivity index (χ4n) is 2.56. The summed E-state index contributed by atoms with van der Waals surface area (Å²) in [5, 5.41) is 4.03. The minimum Gasteiger partial charge on any atom is -0.270 e. The van der Waals surface area contributed by atoms with Gasteiger partial charge in [0, 0.05) is 24.7 Å². The SMILES string of the molecule is CC1CCN(S(=O)(=O)c2cnn(CCCl)c2)C(C)C1. The van der Waals surface area contributed by atoms with Gasteiger partial charge in [0.2, 0.25) is 10.0 Å². The van der Waals surface area contributed by atoms with Crippen molar-refractivity contribution in [1.82, 2.24) is 14.1 Å². The van der Waals surface area contributed by atoms with E-state index in [2.05, 4.69) is 12.0 Å². The minimum absolute atomic E-state index is 0.0464. The number of aryl methyl sites for hydroxylation is 1. The third kappa shape index (κ3) is 3.12. The lowest BCUT2D eigenvalue weighted by Gasteiger charge is -2.35. The molecule has 0 amide bonds. The molecule has 0 N–H and O–H groups in total. The third-order valence-corrected chi connectivity index (χ3v) is 5.74. The smallest absolute Gasteiger partial charge is 0.246 e. The van der Waals surface area contributed by atoms with Gasteiger partial charge in [-0.3, -0.25) is 4.68 Å². The molecule has 1 saturated heterocycles. The fraction of sp³-hybridized carbons (Fsp3) is 0.750. The van der Waals surface area contributed by atoms with Crippen LogP contribution in [0.25, 0.3) is 0 Å². The van der Waals surface area contributed by atoms with Gasteiger partial charge in [-0.15, -0.1) is 11.6 Å². The molecule has 5 nitrogen and oxygen atoms in total. The Labute approximate surface area is 119 Å². The van der Waals surface area contributed by atoms with Gasteiger partial charge in [0.05, 0.1) is 12.7 Å². The van der Waals surface area contributed by atoms with Crippen molar-refractivity contribution in [3.05, 3.63) is 12.4 Å². The average molecular weight is 306 g/mol. The Morgan fingerprint density at radius 2 is 2.21 bits per heavy atom. The maximum absolute atomic E-state index is 12.6. The molecule has 7 heteroatoms. The van der Waals surface area contributed by atoms with E-state index in [-0.39, 0.29) is 10.9 Å². The molecule has 108 valence electrons. The molecule has 0 aromatic carbocycles. The van der Waals surface area contributed by atoms with E-state index >= 15 is 0 Å². The second-order valence-electron chi connectivity index (χ2n) is 5.22. The molecule has 1 aliphatic heterocycles. The maximum atomic E-state index is 12.6. The van der Waals surface area contributed by atoms with Crippen molar-refractivity contribution in [3.63, 3.8) is 0 Å². The van der Waals surface area contributed by atoms with Crippen molar-refractivity contribution in [3.8, 4) is 0 Å². The molecular formula is C12H20ClN3O2S. The summed E-state index contributed by atoms with van der Waals surface area (Å²) in [7, 11) is -3.43. The molecule has 2 atom stereocenters. The molecule has 2 unspecified atom stereocenters. The summed E-state index contributed by atoms with van der Waals surface area (Å²) in [5.41, 5.74) is 0. The van der Waals surface area contributed by atoms with Gasteiger partial charge in [-0.1, -0.05) is 6.92 Å². The first-order chi connectivity index (χ1) is 8.95. The van der Waals surface area contributed by atoms with Gasteiger partial charge in [0.1, 0.15) is 4.90 Å². The zero-order chi connectivity index (χ0) is 14.0. The summed E-state index contributed by atoms with van der Waals surface area (Å²) in [6.45, 7) is 5.24. The van der Waals surface area contributed by atoms with E-state index in [4.69, 9.17) is 11.6 Å². The van der Waals surface area contributed by atoms with Crippen LogP contribution in [0.4, 0.5) is 0 Å². The Hall–Kier alpha value is -0.590. The molecule has 19 heavy (non-hydrogen) atoms. The molecule has 1 fully saturated rings. The molecule has 1 aliphatic rings. The second-order valence-corrected chi connectivity index (χ2v) is 7.49. The molecule has 2 heterocycles. The molecule has 2 rings (SSSR count). The van der Waals surface area contributed by atoms with Crippen LogP contribution in [0.1, 0.15) is 26.7 Å². The number of piperidine rings is 1. The highest BCUT2D eigenvalue weighted by atomic mass is 35.5. The van der Waals surface area contributed by atoms with Crippen molar-refractivity contribution >= 4 is 21.6 Å². The van der Waals surface area contributed by atoms with Gasteiger partial charge < -0.3 is 0 Å². The highest BCUT2D eigenvalue weighted by Gasteiger charge is 2.33. The summed E-state index contributed by atoms with van der Waals surface area (Å²) in [6, 6.07) is 0.0464. The van der Waals surface area contributed by atoms with E-state index in [1.54, 1.807) is 15.2 Å². The first-order valence-corrected chi connectivity index (χ1v) is 8.53. The van der Waals surface area contributed by atoms with Crippen LogP contribution in [0, 0.1) is 5.92 Å². The van der Waals surface area contributed by atoms with Crippen LogP contribution in [-0.2, 0) is 16.6 Å². The Morgan fingerprint density at radius 1 is 1.47 bits per heavy atom. The average Bonchev–Trinajstić information content (AvgIpc) is 2.78. The Kier molecular flexibility index (Phi) is 4.53. The maximum Gasteiger partial charge on any atom is 0.246 e. The van der Waals surface area contributed by atoms with Gasteiger partial charge in [-0.25, -0.2) is 8.42 Å². The van der Waals surface area contributed by atoms with Crippen molar-refractivity contribution < 1.29 is 8.42 Å². The van der Waals surface area contributed by atoms with E-state index in [9.17, 15) is 8.42 Å². The Morgan fingerprint density at radius 3 is 2.84 bits per heavy atom. The molecular weight excluding hydrogens is 286 g/mol. The van der Waals surface area contributed by atoms with Crippen LogP contribution in [0.3, 0.4) is 0 Å². The molecule has 1 aromatic heterocycles. The first-order valence-electron chi connectivity index (χ1n) is 6.55. The van der Waals surface area contributed by atoms with Crippen LogP contribution >= 0.6 is 11.6 Å². The lowest BCUT2D eigenvalue weighted by Crippen LogP contribution is -2.43. The first kappa shape index (κ1) is 14.8. The summed E-state index contributed by atoms with van der Waals surface area (Å²) in [5.74, 6) is 0.999. The predicted molar refractivity (Wildman–Crippen MR) is 74.7 cm³/mol. The largest absolute Gasteiger partial charge is 0.270 e. The number of rotatable bonds is 4. The molecule has 0 aliphatic carbocycles. The number of alkyl halides is 1. The summed E-state index contributed by atoms with van der Waals surface area (Å²) in [4.78, 5) is 0.263. The number of nitrogens with zero attached hydrogens (tertiary/aromatic N) is 3. The predicted octanol–water partition coefficient (Wildman–Crippen LogP) is 1.93. The summed E-state index contributed by atoms with van der Waals surface area (Å²) < 4.78 is 28.3. The molecule has 0 radical (unpaired) electrons. The van der Waals surface area contributed by atoms with Gasteiger partial charge in [0.25, 0.3) is 0 Å². The zero-order valence-electron chi connectivity index (χ0n) is 11.3. The minimum atomic E-state index is -3.43. The highest BCUT2D eigenvalue weighted by Crippen LogP contribution is 2.27. The van der Waals surface area contributed by atoms with E-state index in [1.165, 1.54) is 6.20 Å². The third-order valence-electron chi connectivity index (χ3n) is 3.61. The van der Waals surface area contributed by atoms with E-state index < -0.39 is 10.0 Å². The molecule has 0 saturated carbocycles. The van der Waals surface area contributed by atoms with Crippen molar-refractivity contribution in [1.29, 1.82) is 0 Å². The Bertz CT molecular complexity index is 529. The summed E-state index contributed by atoms with van der Waals surface area (Å²) in [6.07, 6.45) is 4.80. The zero-order valence-corrected chi connectivity index (χ0v) is 12.9. The number of aromatic nitrogens is 2. The second kappa shape index (κ2) is 5.81. The van der Waals surface area contributed by atoms with Crippen molar-refractivity contribution in [2.45, 2.75) is 44.2 Å². The van der Waals surface area contributed by atoms with Crippen LogP contribution in [0.5, 0.6) is 0 Å². The number of hydrogen-bond acceptors (Lipinski definition) is 3.